The lowest BCUT2D eigenvalue weighted by Gasteiger charge is -2.32. The molecule has 4 nitrogen and oxygen atoms in total. The molecule has 0 unspecified atom stereocenters. The first-order valence-electron chi connectivity index (χ1n) is 8.17. The van der Waals surface area contributed by atoms with E-state index in [9.17, 15) is 0 Å². The van der Waals surface area contributed by atoms with Crippen molar-refractivity contribution in [1.82, 2.24) is 15.0 Å². The molecule has 0 spiro atoms. The van der Waals surface area contributed by atoms with Crippen molar-refractivity contribution in [2.45, 2.75) is 18.8 Å². The summed E-state index contributed by atoms with van der Waals surface area (Å²) >= 11 is 3.52. The van der Waals surface area contributed by atoms with Gasteiger partial charge in [0.05, 0.1) is 20.6 Å². The van der Waals surface area contributed by atoms with Gasteiger partial charge in [0.15, 0.2) is 0 Å². The number of hydrogen-bond acceptors (Lipinski definition) is 6. The maximum absolute atomic E-state index is 4.88. The first-order valence-corrected chi connectivity index (χ1v) is 9.87. The number of benzene rings is 1. The molecule has 1 aromatic carbocycles. The Balaban J connectivity index is 1.48. The van der Waals surface area contributed by atoms with Gasteiger partial charge in [-0.3, -0.25) is 0 Å². The zero-order chi connectivity index (χ0) is 15.9. The van der Waals surface area contributed by atoms with Crippen LogP contribution in [-0.2, 0) is 0 Å². The smallest absolute Gasteiger partial charge is 0.140 e. The lowest BCUT2D eigenvalue weighted by atomic mass is 9.98. The topological polar surface area (TPSA) is 41.9 Å². The molecule has 1 aliphatic heterocycles. The predicted octanol–water partition coefficient (Wildman–Crippen LogP) is 4.69. The normalized spacial score (nSPS) is 18.5. The Kier molecular flexibility index (Phi) is 3.45. The molecular weight excluding hydrogens is 336 g/mol. The molecule has 4 heterocycles. The number of thiophene rings is 1. The highest BCUT2D eigenvalue weighted by molar-refractivity contribution is 7.18. The van der Waals surface area contributed by atoms with Crippen LogP contribution in [0.4, 0.5) is 5.82 Å². The van der Waals surface area contributed by atoms with Crippen molar-refractivity contribution in [2.24, 2.45) is 0 Å². The highest BCUT2D eigenvalue weighted by Crippen LogP contribution is 2.36. The van der Waals surface area contributed by atoms with E-state index in [-0.39, 0.29) is 0 Å². The van der Waals surface area contributed by atoms with Gasteiger partial charge < -0.3 is 4.90 Å². The number of nitrogens with zero attached hydrogens (tertiary/aromatic N) is 4. The summed E-state index contributed by atoms with van der Waals surface area (Å²) in [4.78, 5) is 17.3. The molecule has 0 radical (unpaired) electrons. The largest absolute Gasteiger partial charge is 0.355 e. The van der Waals surface area contributed by atoms with Crippen LogP contribution in [0.1, 0.15) is 23.8 Å². The monoisotopic (exact) mass is 352 g/mol. The Bertz CT molecular complexity index is 973. The Morgan fingerprint density at radius 2 is 2.08 bits per heavy atom. The summed E-state index contributed by atoms with van der Waals surface area (Å²) in [6.07, 6.45) is 4.07. The average molecular weight is 352 g/mol. The molecule has 0 bridgehead atoms. The van der Waals surface area contributed by atoms with E-state index in [0.717, 1.165) is 29.3 Å². The Morgan fingerprint density at radius 3 is 3.04 bits per heavy atom. The molecule has 1 aliphatic rings. The molecule has 1 fully saturated rings. The minimum absolute atomic E-state index is 0.486. The minimum Gasteiger partial charge on any atom is -0.355 e. The third kappa shape index (κ3) is 2.37. The zero-order valence-corrected chi connectivity index (χ0v) is 14.7. The van der Waals surface area contributed by atoms with Gasteiger partial charge in [0.25, 0.3) is 0 Å². The summed E-state index contributed by atoms with van der Waals surface area (Å²) in [5.41, 5.74) is 1.12. The molecule has 5 rings (SSSR count). The fourth-order valence-electron chi connectivity index (χ4n) is 3.46. The first-order chi connectivity index (χ1) is 11.9. The molecule has 4 aromatic rings. The van der Waals surface area contributed by atoms with Gasteiger partial charge in [0.1, 0.15) is 17.0 Å². The Labute approximate surface area is 147 Å². The molecule has 0 amide bonds. The van der Waals surface area contributed by atoms with Crippen molar-refractivity contribution in [3.05, 3.63) is 47.0 Å². The molecule has 3 aromatic heterocycles. The minimum atomic E-state index is 0.486. The van der Waals surface area contributed by atoms with E-state index in [1.165, 1.54) is 27.9 Å². The second-order valence-electron chi connectivity index (χ2n) is 6.14. The van der Waals surface area contributed by atoms with E-state index in [2.05, 4.69) is 50.6 Å². The third-order valence-electron chi connectivity index (χ3n) is 4.62. The molecule has 0 aliphatic carbocycles. The number of thiazole rings is 1. The lowest BCUT2D eigenvalue weighted by Crippen LogP contribution is -2.35. The van der Waals surface area contributed by atoms with Gasteiger partial charge in [-0.25, -0.2) is 15.0 Å². The van der Waals surface area contributed by atoms with Crippen molar-refractivity contribution in [1.29, 1.82) is 0 Å². The summed E-state index contributed by atoms with van der Waals surface area (Å²) in [5, 5.41) is 4.53. The van der Waals surface area contributed by atoms with Crippen molar-refractivity contribution in [3.8, 4) is 0 Å². The van der Waals surface area contributed by atoms with Gasteiger partial charge in [0.2, 0.25) is 0 Å². The van der Waals surface area contributed by atoms with E-state index < -0.39 is 0 Å². The molecule has 0 saturated carbocycles. The van der Waals surface area contributed by atoms with Gasteiger partial charge in [-0.2, -0.15) is 0 Å². The van der Waals surface area contributed by atoms with Crippen LogP contribution in [-0.4, -0.2) is 28.0 Å². The number of piperidine rings is 1. The third-order valence-corrected chi connectivity index (χ3v) is 6.64. The van der Waals surface area contributed by atoms with E-state index >= 15 is 0 Å². The maximum Gasteiger partial charge on any atom is 0.140 e. The number of rotatable bonds is 2. The van der Waals surface area contributed by atoms with E-state index in [4.69, 9.17) is 4.98 Å². The van der Waals surface area contributed by atoms with E-state index in [1.54, 1.807) is 17.7 Å². The second-order valence-corrected chi connectivity index (χ2v) is 8.10. The van der Waals surface area contributed by atoms with Gasteiger partial charge in [-0.05, 0) is 36.4 Å². The summed E-state index contributed by atoms with van der Waals surface area (Å²) in [6.45, 7) is 2.05. The number of aromatic nitrogens is 3. The van der Waals surface area contributed by atoms with Gasteiger partial charge in [0, 0.05) is 19.0 Å². The van der Waals surface area contributed by atoms with Crippen LogP contribution >= 0.6 is 22.7 Å². The van der Waals surface area contributed by atoms with Crippen molar-refractivity contribution in [2.75, 3.05) is 18.0 Å². The van der Waals surface area contributed by atoms with Gasteiger partial charge in [-0.15, -0.1) is 22.7 Å². The van der Waals surface area contributed by atoms with E-state index in [0.29, 0.717) is 5.92 Å². The van der Waals surface area contributed by atoms with Crippen molar-refractivity contribution < 1.29 is 0 Å². The predicted molar refractivity (Wildman–Crippen MR) is 101 cm³/mol. The standard InChI is InChI=1S/C18H16N4S2/c1-2-6-15-14(5-1)21-17(24-15)12-4-3-8-22(10-12)16-13-7-9-23-18(13)20-11-19-16/h1-2,5-7,9,11-12H,3-4,8,10H2/t12-/m0/s1. The molecular formula is C18H16N4S2. The Hall–Kier alpha value is -2.05. The zero-order valence-electron chi connectivity index (χ0n) is 13.1. The maximum atomic E-state index is 4.88. The fraction of sp³-hybridized carbons (Fsp3) is 0.278. The molecule has 6 heteroatoms. The number of anilines is 1. The highest BCUT2D eigenvalue weighted by Gasteiger charge is 2.26. The summed E-state index contributed by atoms with van der Waals surface area (Å²) in [5.74, 6) is 1.56. The average Bonchev–Trinajstić information content (AvgIpc) is 3.28. The van der Waals surface area contributed by atoms with Crippen molar-refractivity contribution >= 4 is 48.9 Å². The van der Waals surface area contributed by atoms with Crippen LogP contribution in [0.25, 0.3) is 20.4 Å². The van der Waals surface area contributed by atoms with Crippen molar-refractivity contribution in [3.63, 3.8) is 0 Å². The Morgan fingerprint density at radius 1 is 1.12 bits per heavy atom. The SMILES string of the molecule is c1ccc2sc([C@H]3CCCN(c4ncnc5sccc45)C3)nc2c1. The van der Waals surface area contributed by atoms with Gasteiger partial charge >= 0.3 is 0 Å². The summed E-state index contributed by atoms with van der Waals surface area (Å²) in [6, 6.07) is 10.6. The molecule has 1 saturated heterocycles. The summed E-state index contributed by atoms with van der Waals surface area (Å²) in [7, 11) is 0. The second kappa shape index (κ2) is 5.79. The fourth-order valence-corrected chi connectivity index (χ4v) is 5.29. The number of fused-ring (bicyclic) bond motifs is 2. The highest BCUT2D eigenvalue weighted by atomic mass is 32.1. The van der Waals surface area contributed by atoms with Crippen LogP contribution in [0.2, 0.25) is 0 Å². The van der Waals surface area contributed by atoms with E-state index in [1.807, 2.05) is 11.3 Å². The van der Waals surface area contributed by atoms with Crippen LogP contribution in [0.5, 0.6) is 0 Å². The van der Waals surface area contributed by atoms with Crippen LogP contribution < -0.4 is 4.90 Å². The first kappa shape index (κ1) is 14.3. The van der Waals surface area contributed by atoms with Crippen LogP contribution in [0, 0.1) is 0 Å². The molecule has 24 heavy (non-hydrogen) atoms. The molecule has 1 atom stereocenters. The van der Waals surface area contributed by atoms with Crippen LogP contribution in [0.15, 0.2) is 42.0 Å². The molecule has 120 valence electrons. The lowest BCUT2D eigenvalue weighted by molar-refractivity contribution is 0.507. The number of hydrogen-bond donors (Lipinski definition) is 0. The van der Waals surface area contributed by atoms with Crippen LogP contribution in [0.3, 0.4) is 0 Å². The number of para-hydroxylation sites is 1. The summed E-state index contributed by atoms with van der Waals surface area (Å²) < 4.78 is 1.28. The quantitative estimate of drug-likeness (QED) is 0.525. The molecule has 0 N–H and O–H groups in total. The van der Waals surface area contributed by atoms with Gasteiger partial charge in [-0.1, -0.05) is 12.1 Å².